The topological polar surface area (TPSA) is 76.7 Å². The zero-order valence-corrected chi connectivity index (χ0v) is 17.1. The first-order valence-corrected chi connectivity index (χ1v) is 9.91. The summed E-state index contributed by atoms with van der Waals surface area (Å²) in [5.41, 5.74) is 1.23. The van der Waals surface area contributed by atoms with E-state index in [1.807, 2.05) is 47.0 Å². The van der Waals surface area contributed by atoms with E-state index in [9.17, 15) is 9.59 Å². The monoisotopic (exact) mass is 407 g/mol. The second-order valence-electron chi connectivity index (χ2n) is 7.56. The predicted molar refractivity (Wildman–Crippen MR) is 112 cm³/mol. The number of benzene rings is 1. The lowest BCUT2D eigenvalue weighted by Crippen LogP contribution is -2.64. The van der Waals surface area contributed by atoms with E-state index < -0.39 is 5.54 Å². The van der Waals surface area contributed by atoms with Gasteiger partial charge in [0.25, 0.3) is 5.91 Å². The van der Waals surface area contributed by atoms with Gasteiger partial charge in [0, 0.05) is 20.2 Å². The second kappa shape index (κ2) is 8.20. The van der Waals surface area contributed by atoms with Crippen LogP contribution in [0, 0.1) is 0 Å². The van der Waals surface area contributed by atoms with Crippen molar-refractivity contribution in [2.24, 2.45) is 0 Å². The minimum Gasteiger partial charge on any atom is -0.463 e. The first-order chi connectivity index (χ1) is 14.5. The van der Waals surface area contributed by atoms with E-state index in [0.29, 0.717) is 37.7 Å². The van der Waals surface area contributed by atoms with E-state index in [-0.39, 0.29) is 11.8 Å². The van der Waals surface area contributed by atoms with Gasteiger partial charge in [0.05, 0.1) is 25.1 Å². The highest BCUT2D eigenvalue weighted by atomic mass is 16.5. The molecule has 0 radical (unpaired) electrons. The zero-order valence-electron chi connectivity index (χ0n) is 17.1. The van der Waals surface area contributed by atoms with Crippen LogP contribution in [0.25, 0.3) is 11.5 Å². The molecule has 1 N–H and O–H groups in total. The van der Waals surface area contributed by atoms with Crippen molar-refractivity contribution in [3.05, 3.63) is 72.1 Å². The number of nitrogens with zero attached hydrogens (tertiary/aromatic N) is 2. The number of ether oxygens (including phenoxy) is 1. The molecule has 4 rings (SSSR count). The minimum atomic E-state index is -1.07. The smallest absolute Gasteiger partial charge is 0.271 e. The number of rotatable bonds is 7. The Hall–Kier alpha value is -3.32. The van der Waals surface area contributed by atoms with Crippen molar-refractivity contribution in [2.45, 2.75) is 25.6 Å². The van der Waals surface area contributed by atoms with Gasteiger partial charge in [-0.25, -0.2) is 0 Å². The molecule has 1 aliphatic heterocycles. The summed E-state index contributed by atoms with van der Waals surface area (Å²) in [6.45, 7) is 3.19. The third kappa shape index (κ3) is 3.52. The van der Waals surface area contributed by atoms with Crippen molar-refractivity contribution in [3.63, 3.8) is 0 Å². The highest BCUT2D eigenvalue weighted by Crippen LogP contribution is 2.33. The lowest BCUT2D eigenvalue weighted by Gasteiger charge is -2.44. The average Bonchev–Trinajstić information content (AvgIpc) is 3.42. The van der Waals surface area contributed by atoms with Crippen LogP contribution in [0.15, 0.2) is 65.3 Å². The van der Waals surface area contributed by atoms with Gasteiger partial charge in [-0.1, -0.05) is 30.3 Å². The summed E-state index contributed by atoms with van der Waals surface area (Å²) in [4.78, 5) is 28.3. The summed E-state index contributed by atoms with van der Waals surface area (Å²) in [6.07, 6.45) is 1.59. The highest BCUT2D eigenvalue weighted by Gasteiger charge is 2.47. The number of carbonyl (C=O) groups excluding carboxylic acids is 2. The van der Waals surface area contributed by atoms with Crippen LogP contribution in [-0.4, -0.2) is 47.1 Å². The standard InChI is InChI=1S/C23H25N3O4/c1-23(22(28)24-15-17-7-4-3-5-8-17)16-25-18(20-9-6-13-30-20)10-11-19(25)21(27)26(23)12-14-29-2/h3-11,13H,12,14-16H2,1-2H3,(H,24,28)/t23-/m1/s1. The number of amides is 2. The van der Waals surface area contributed by atoms with Gasteiger partial charge in [-0.3, -0.25) is 9.59 Å². The molecule has 30 heavy (non-hydrogen) atoms. The quantitative estimate of drug-likeness (QED) is 0.653. The number of hydrogen-bond donors (Lipinski definition) is 1. The van der Waals surface area contributed by atoms with Crippen molar-refractivity contribution >= 4 is 11.8 Å². The Kier molecular flexibility index (Phi) is 5.46. The molecule has 1 aromatic carbocycles. The maximum atomic E-state index is 13.4. The van der Waals surface area contributed by atoms with Crippen molar-refractivity contribution in [1.29, 1.82) is 0 Å². The number of carbonyl (C=O) groups is 2. The molecule has 0 fully saturated rings. The van der Waals surface area contributed by atoms with Gasteiger partial charge in [-0.05, 0) is 36.8 Å². The van der Waals surface area contributed by atoms with Crippen LogP contribution >= 0.6 is 0 Å². The Labute approximate surface area is 175 Å². The van der Waals surface area contributed by atoms with Gasteiger partial charge in [-0.2, -0.15) is 0 Å². The molecule has 0 saturated heterocycles. The van der Waals surface area contributed by atoms with Crippen molar-refractivity contribution in [1.82, 2.24) is 14.8 Å². The highest BCUT2D eigenvalue weighted by molar-refractivity contribution is 6.00. The summed E-state index contributed by atoms with van der Waals surface area (Å²) in [5.74, 6) is 0.250. The molecule has 0 aliphatic carbocycles. The maximum absolute atomic E-state index is 13.4. The van der Waals surface area contributed by atoms with Crippen molar-refractivity contribution in [3.8, 4) is 11.5 Å². The van der Waals surface area contributed by atoms with Gasteiger partial charge >= 0.3 is 0 Å². The maximum Gasteiger partial charge on any atom is 0.271 e. The summed E-state index contributed by atoms with van der Waals surface area (Å²) in [6, 6.07) is 17.0. The lowest BCUT2D eigenvalue weighted by molar-refractivity contribution is -0.133. The molecule has 0 spiro atoms. The first kappa shape index (κ1) is 20.0. The van der Waals surface area contributed by atoms with Crippen LogP contribution in [-0.2, 0) is 22.6 Å². The van der Waals surface area contributed by atoms with E-state index in [0.717, 1.165) is 11.3 Å². The van der Waals surface area contributed by atoms with E-state index in [2.05, 4.69) is 5.32 Å². The molecule has 1 atom stereocenters. The lowest BCUT2D eigenvalue weighted by atomic mass is 9.94. The molecular weight excluding hydrogens is 382 g/mol. The number of methoxy groups -OCH3 is 1. The number of nitrogens with one attached hydrogen (secondary N) is 1. The van der Waals surface area contributed by atoms with Gasteiger partial charge in [0.1, 0.15) is 17.0 Å². The summed E-state index contributed by atoms with van der Waals surface area (Å²) in [7, 11) is 1.58. The van der Waals surface area contributed by atoms with E-state index in [1.54, 1.807) is 37.3 Å². The Bertz CT molecular complexity index is 1030. The van der Waals surface area contributed by atoms with Crippen LogP contribution in [0.4, 0.5) is 0 Å². The van der Waals surface area contributed by atoms with Crippen molar-refractivity contribution in [2.75, 3.05) is 20.3 Å². The van der Waals surface area contributed by atoms with Gasteiger partial charge in [0.2, 0.25) is 5.91 Å². The fourth-order valence-corrected chi connectivity index (χ4v) is 3.91. The minimum absolute atomic E-state index is 0.200. The normalized spacial score (nSPS) is 18.3. The van der Waals surface area contributed by atoms with Gasteiger partial charge < -0.3 is 23.9 Å². The van der Waals surface area contributed by atoms with Crippen LogP contribution in [0.1, 0.15) is 23.0 Å². The molecule has 2 amide bonds. The summed E-state index contributed by atoms with van der Waals surface area (Å²) >= 11 is 0. The fraction of sp³-hybridized carbons (Fsp3) is 0.304. The number of fused-ring (bicyclic) bond motifs is 1. The van der Waals surface area contributed by atoms with Crippen molar-refractivity contribution < 1.29 is 18.7 Å². The number of aromatic nitrogens is 1. The largest absolute Gasteiger partial charge is 0.463 e. The molecule has 3 aromatic rings. The molecule has 2 aromatic heterocycles. The molecule has 3 heterocycles. The van der Waals surface area contributed by atoms with Gasteiger partial charge in [-0.15, -0.1) is 0 Å². The van der Waals surface area contributed by atoms with Crippen LogP contribution in [0.3, 0.4) is 0 Å². The zero-order chi connectivity index (χ0) is 21.1. The number of furan rings is 1. The Morgan fingerprint density at radius 1 is 1.13 bits per heavy atom. The van der Waals surface area contributed by atoms with E-state index >= 15 is 0 Å². The Balaban J connectivity index is 1.66. The first-order valence-electron chi connectivity index (χ1n) is 9.91. The molecule has 0 unspecified atom stereocenters. The van der Waals surface area contributed by atoms with Crippen LogP contribution < -0.4 is 5.32 Å². The summed E-state index contributed by atoms with van der Waals surface area (Å²) in [5, 5.41) is 3.00. The van der Waals surface area contributed by atoms with Crippen LogP contribution in [0.5, 0.6) is 0 Å². The molecule has 0 saturated carbocycles. The van der Waals surface area contributed by atoms with E-state index in [1.165, 1.54) is 0 Å². The SMILES string of the molecule is COCCN1C(=O)c2ccc(-c3ccco3)n2C[C@]1(C)C(=O)NCc1ccccc1. The number of hydrogen-bond acceptors (Lipinski definition) is 4. The molecule has 0 bridgehead atoms. The molecule has 7 heteroatoms. The summed E-state index contributed by atoms with van der Waals surface area (Å²) < 4.78 is 12.6. The molecule has 1 aliphatic rings. The third-order valence-corrected chi connectivity index (χ3v) is 5.58. The molecule has 156 valence electrons. The molecule has 7 nitrogen and oxygen atoms in total. The van der Waals surface area contributed by atoms with Crippen LogP contribution in [0.2, 0.25) is 0 Å². The van der Waals surface area contributed by atoms with Gasteiger partial charge in [0.15, 0.2) is 0 Å². The fourth-order valence-electron chi connectivity index (χ4n) is 3.91. The Morgan fingerprint density at radius 2 is 1.90 bits per heavy atom. The predicted octanol–water partition coefficient (Wildman–Crippen LogP) is 2.93. The third-order valence-electron chi connectivity index (χ3n) is 5.58. The van der Waals surface area contributed by atoms with E-state index in [4.69, 9.17) is 9.15 Å². The Morgan fingerprint density at radius 3 is 2.60 bits per heavy atom. The average molecular weight is 407 g/mol. The second-order valence-corrected chi connectivity index (χ2v) is 7.56. The molecular formula is C23H25N3O4.